The third-order valence-electron chi connectivity index (χ3n) is 3.38. The van der Waals surface area contributed by atoms with Crippen molar-refractivity contribution in [1.82, 2.24) is 4.90 Å². The number of nitrogens with two attached hydrogens (primary N) is 1. The van der Waals surface area contributed by atoms with Crippen LogP contribution in [0.5, 0.6) is 0 Å². The van der Waals surface area contributed by atoms with Gasteiger partial charge in [-0.3, -0.25) is 4.79 Å². The highest BCUT2D eigenvalue weighted by Gasteiger charge is 2.49. The lowest BCUT2D eigenvalue weighted by molar-refractivity contribution is -0.135. The highest BCUT2D eigenvalue weighted by molar-refractivity contribution is 9.10. The molecular formula is C13H17BrN2O. The molecule has 0 atom stereocenters. The molecule has 1 amide bonds. The molecule has 1 aliphatic rings. The molecule has 92 valence electrons. The minimum atomic E-state index is -0.246. The lowest BCUT2D eigenvalue weighted by atomic mass is 10.1. The van der Waals surface area contributed by atoms with Gasteiger partial charge in [0, 0.05) is 24.6 Å². The highest BCUT2D eigenvalue weighted by Crippen LogP contribution is 2.46. The number of rotatable bonds is 4. The Hall–Kier alpha value is -0.870. The van der Waals surface area contributed by atoms with E-state index in [-0.39, 0.29) is 11.3 Å². The molecule has 4 heteroatoms. The van der Waals surface area contributed by atoms with Crippen molar-refractivity contribution in [2.24, 2.45) is 11.1 Å². The summed E-state index contributed by atoms with van der Waals surface area (Å²) in [4.78, 5) is 13.9. The van der Waals surface area contributed by atoms with Crippen LogP contribution in [0.4, 0.5) is 0 Å². The quantitative estimate of drug-likeness (QED) is 0.925. The molecule has 3 nitrogen and oxygen atoms in total. The summed E-state index contributed by atoms with van der Waals surface area (Å²) in [6, 6.07) is 8.03. The Morgan fingerprint density at radius 1 is 1.41 bits per heavy atom. The number of benzene rings is 1. The first kappa shape index (κ1) is 12.6. The highest BCUT2D eigenvalue weighted by atomic mass is 79.9. The predicted molar refractivity (Wildman–Crippen MR) is 71.3 cm³/mol. The fraction of sp³-hybridized carbons (Fsp3) is 0.462. The number of halogens is 1. The third kappa shape index (κ3) is 2.69. The standard InChI is InChI=1S/C13H17BrN2O/c1-16(12(17)13(9-15)6-7-13)8-10-2-4-11(14)5-3-10/h2-5H,6-9,15H2,1H3. The number of hydrogen-bond acceptors (Lipinski definition) is 2. The molecule has 0 radical (unpaired) electrons. The van der Waals surface area contributed by atoms with Gasteiger partial charge in [0.1, 0.15) is 0 Å². The van der Waals surface area contributed by atoms with E-state index < -0.39 is 0 Å². The van der Waals surface area contributed by atoms with Crippen molar-refractivity contribution in [3.05, 3.63) is 34.3 Å². The number of amides is 1. The van der Waals surface area contributed by atoms with Gasteiger partial charge < -0.3 is 10.6 Å². The zero-order valence-electron chi connectivity index (χ0n) is 9.95. The van der Waals surface area contributed by atoms with E-state index >= 15 is 0 Å². The van der Waals surface area contributed by atoms with Gasteiger partial charge in [-0.05, 0) is 30.5 Å². The van der Waals surface area contributed by atoms with Gasteiger partial charge in [-0.2, -0.15) is 0 Å². The first-order chi connectivity index (χ1) is 8.07. The molecule has 0 saturated heterocycles. The summed E-state index contributed by atoms with van der Waals surface area (Å²) in [5.41, 5.74) is 6.56. The van der Waals surface area contributed by atoms with Crippen LogP contribution in [0.25, 0.3) is 0 Å². The second-order valence-corrected chi connectivity index (χ2v) is 5.69. The van der Waals surface area contributed by atoms with Gasteiger partial charge in [0.2, 0.25) is 5.91 Å². The summed E-state index contributed by atoms with van der Waals surface area (Å²) in [7, 11) is 1.85. The fourth-order valence-corrected chi connectivity index (χ4v) is 2.26. The molecule has 1 aromatic rings. The normalized spacial score (nSPS) is 16.6. The minimum absolute atomic E-state index is 0.183. The maximum absolute atomic E-state index is 12.2. The largest absolute Gasteiger partial charge is 0.341 e. The van der Waals surface area contributed by atoms with Crippen molar-refractivity contribution in [3.63, 3.8) is 0 Å². The van der Waals surface area contributed by atoms with E-state index in [0.717, 1.165) is 22.9 Å². The van der Waals surface area contributed by atoms with Crippen molar-refractivity contribution in [2.45, 2.75) is 19.4 Å². The van der Waals surface area contributed by atoms with Crippen molar-refractivity contribution in [1.29, 1.82) is 0 Å². The Kier molecular flexibility index (Phi) is 3.54. The van der Waals surface area contributed by atoms with Crippen LogP contribution >= 0.6 is 15.9 Å². The van der Waals surface area contributed by atoms with Gasteiger partial charge in [0.25, 0.3) is 0 Å². The van der Waals surface area contributed by atoms with Crippen molar-refractivity contribution in [3.8, 4) is 0 Å². The van der Waals surface area contributed by atoms with Crippen LogP contribution in [0.15, 0.2) is 28.7 Å². The molecule has 2 rings (SSSR count). The van der Waals surface area contributed by atoms with E-state index in [1.54, 1.807) is 4.90 Å². The number of carbonyl (C=O) groups excluding carboxylic acids is 1. The smallest absolute Gasteiger partial charge is 0.230 e. The van der Waals surface area contributed by atoms with Crippen LogP contribution in [0.3, 0.4) is 0 Å². The first-order valence-electron chi connectivity index (χ1n) is 5.77. The van der Waals surface area contributed by atoms with Gasteiger partial charge in [0.15, 0.2) is 0 Å². The third-order valence-corrected chi connectivity index (χ3v) is 3.91. The van der Waals surface area contributed by atoms with Crippen LogP contribution in [-0.4, -0.2) is 24.4 Å². The molecule has 1 saturated carbocycles. The van der Waals surface area contributed by atoms with Crippen LogP contribution < -0.4 is 5.73 Å². The van der Waals surface area contributed by atoms with Gasteiger partial charge in [-0.25, -0.2) is 0 Å². The van der Waals surface area contributed by atoms with Gasteiger partial charge in [-0.1, -0.05) is 28.1 Å². The van der Waals surface area contributed by atoms with E-state index in [1.807, 2.05) is 31.3 Å². The topological polar surface area (TPSA) is 46.3 Å². The Bertz CT molecular complexity index is 412. The van der Waals surface area contributed by atoms with Crippen LogP contribution in [0.2, 0.25) is 0 Å². The zero-order valence-corrected chi connectivity index (χ0v) is 11.5. The SMILES string of the molecule is CN(Cc1ccc(Br)cc1)C(=O)C1(CN)CC1. The van der Waals surface area contributed by atoms with E-state index in [2.05, 4.69) is 15.9 Å². The molecule has 1 aliphatic carbocycles. The van der Waals surface area contributed by atoms with Crippen molar-refractivity contribution >= 4 is 21.8 Å². The maximum Gasteiger partial charge on any atom is 0.230 e. The average Bonchev–Trinajstić information content (AvgIpc) is 3.12. The summed E-state index contributed by atoms with van der Waals surface area (Å²) in [5, 5.41) is 0. The van der Waals surface area contributed by atoms with E-state index in [9.17, 15) is 4.79 Å². The summed E-state index contributed by atoms with van der Waals surface area (Å²) >= 11 is 3.40. The minimum Gasteiger partial charge on any atom is -0.341 e. The van der Waals surface area contributed by atoms with Gasteiger partial charge in [-0.15, -0.1) is 0 Å². The summed E-state index contributed by atoms with van der Waals surface area (Å²) < 4.78 is 1.05. The molecule has 2 N–H and O–H groups in total. The average molecular weight is 297 g/mol. The van der Waals surface area contributed by atoms with Crippen LogP contribution in [-0.2, 0) is 11.3 Å². The first-order valence-corrected chi connectivity index (χ1v) is 6.57. The summed E-state index contributed by atoms with van der Waals surface area (Å²) in [5.74, 6) is 0.183. The van der Waals surface area contributed by atoms with E-state index in [4.69, 9.17) is 5.73 Å². The zero-order chi connectivity index (χ0) is 12.5. The van der Waals surface area contributed by atoms with Crippen molar-refractivity contribution < 1.29 is 4.79 Å². The molecule has 0 unspecified atom stereocenters. The second-order valence-electron chi connectivity index (χ2n) is 4.77. The Balaban J connectivity index is 1.99. The predicted octanol–water partition coefficient (Wildman–Crippen LogP) is 2.15. The lowest BCUT2D eigenvalue weighted by Crippen LogP contribution is -2.37. The van der Waals surface area contributed by atoms with E-state index in [0.29, 0.717) is 13.1 Å². The van der Waals surface area contributed by atoms with Crippen molar-refractivity contribution in [2.75, 3.05) is 13.6 Å². The number of carbonyl (C=O) groups is 1. The maximum atomic E-state index is 12.2. The fourth-order valence-electron chi connectivity index (χ4n) is 2.00. The summed E-state index contributed by atoms with van der Waals surface area (Å²) in [6.07, 6.45) is 1.88. The Morgan fingerprint density at radius 2 is 2.00 bits per heavy atom. The molecule has 1 aromatic carbocycles. The number of hydrogen-bond donors (Lipinski definition) is 1. The van der Waals surface area contributed by atoms with E-state index in [1.165, 1.54) is 0 Å². The lowest BCUT2D eigenvalue weighted by Gasteiger charge is -2.22. The number of nitrogens with zero attached hydrogens (tertiary/aromatic N) is 1. The van der Waals surface area contributed by atoms with Crippen LogP contribution in [0, 0.1) is 5.41 Å². The van der Waals surface area contributed by atoms with Gasteiger partial charge in [0.05, 0.1) is 5.41 Å². The molecule has 0 aromatic heterocycles. The molecular weight excluding hydrogens is 280 g/mol. The Labute approximate surface area is 110 Å². The monoisotopic (exact) mass is 296 g/mol. The Morgan fingerprint density at radius 3 is 2.47 bits per heavy atom. The summed E-state index contributed by atoms with van der Waals surface area (Å²) in [6.45, 7) is 1.12. The molecule has 0 bridgehead atoms. The molecule has 1 fully saturated rings. The molecule has 0 spiro atoms. The van der Waals surface area contributed by atoms with Gasteiger partial charge >= 0.3 is 0 Å². The molecule has 0 aliphatic heterocycles. The van der Waals surface area contributed by atoms with Crippen LogP contribution in [0.1, 0.15) is 18.4 Å². The second kappa shape index (κ2) is 4.78. The molecule has 0 heterocycles. The molecule has 17 heavy (non-hydrogen) atoms.